The molecule has 0 unspecified atom stereocenters. The Bertz CT molecular complexity index is 1200. The van der Waals surface area contributed by atoms with Gasteiger partial charge in [0.05, 0.1) is 6.04 Å². The van der Waals surface area contributed by atoms with Gasteiger partial charge in [-0.2, -0.15) is 0 Å². The Morgan fingerprint density at radius 3 is 2.02 bits per heavy atom. The number of nitrogens with two attached hydrogens (primary N) is 1. The number of carbonyl (C=O) groups is 6. The fourth-order valence-corrected chi connectivity index (χ4v) is 4.55. The molecule has 0 fully saturated rings. The van der Waals surface area contributed by atoms with Crippen molar-refractivity contribution in [1.29, 1.82) is 0 Å². The summed E-state index contributed by atoms with van der Waals surface area (Å²) in [6, 6.07) is 5.37. The molecule has 0 aliphatic carbocycles. The molecule has 1 rings (SSSR count). The minimum atomic E-state index is -0.732. The molecule has 0 aliphatic heterocycles. The zero-order valence-corrected chi connectivity index (χ0v) is 29.5. The van der Waals surface area contributed by atoms with Crippen molar-refractivity contribution >= 4 is 41.2 Å². The van der Waals surface area contributed by atoms with E-state index in [4.69, 9.17) is 10.5 Å². The molecule has 264 valence electrons. The van der Waals surface area contributed by atoms with Crippen molar-refractivity contribution in [3.8, 4) is 0 Å². The van der Waals surface area contributed by atoms with Gasteiger partial charge in [0.25, 0.3) is 0 Å². The third kappa shape index (κ3) is 18.1. The molecule has 0 aromatic heterocycles. The van der Waals surface area contributed by atoms with Crippen LogP contribution in [0.2, 0.25) is 0 Å². The average Bonchev–Trinajstić information content (AvgIpc) is 2.96. The van der Waals surface area contributed by atoms with Gasteiger partial charge in [-0.1, -0.05) is 67.5 Å². The van der Waals surface area contributed by atoms with E-state index in [1.165, 1.54) is 0 Å². The smallest absolute Gasteiger partial charge is 0.407 e. The lowest BCUT2D eigenvalue weighted by Gasteiger charge is -2.25. The SMILES string of the molecule is CC(C)[C@H](NC(=O)CCC(C)(C)C)C(=O)C[C@@H](CCCNC(N)=O)C(=O)Nc1ccc(COC(=O)NCCCC(=O)C(C)(C)C)cc1. The van der Waals surface area contributed by atoms with Crippen LogP contribution in [0.15, 0.2) is 24.3 Å². The molecule has 0 aliphatic rings. The third-order valence-corrected chi connectivity index (χ3v) is 7.56. The van der Waals surface area contributed by atoms with Gasteiger partial charge < -0.3 is 31.7 Å². The Morgan fingerprint density at radius 2 is 1.47 bits per heavy atom. The Morgan fingerprint density at radius 1 is 0.851 bits per heavy atom. The number of rotatable bonds is 19. The number of carbonyl (C=O) groups excluding carboxylic acids is 6. The highest BCUT2D eigenvalue weighted by Gasteiger charge is 2.30. The van der Waals surface area contributed by atoms with Gasteiger partial charge in [0.2, 0.25) is 11.8 Å². The fourth-order valence-electron chi connectivity index (χ4n) is 4.55. The van der Waals surface area contributed by atoms with E-state index in [2.05, 4.69) is 21.3 Å². The summed E-state index contributed by atoms with van der Waals surface area (Å²) in [5.41, 5.74) is 5.92. The standard InChI is InChI=1S/C35H57N5O7/c1-23(2)30(40-29(43)17-18-34(3,4)5)27(41)21-25(11-9-19-37-32(36)45)31(44)39-26-15-13-24(14-16-26)22-47-33(46)38-20-10-12-28(42)35(6,7)8/h13-16,23,25,30H,9-12,17-22H2,1-8H3,(H,38,46)(H,39,44)(H,40,43)(H3,36,37,45)/t25-,30+/m1/s1. The van der Waals surface area contributed by atoms with Crippen molar-refractivity contribution in [3.05, 3.63) is 29.8 Å². The van der Waals surface area contributed by atoms with Crippen molar-refractivity contribution in [3.63, 3.8) is 0 Å². The van der Waals surface area contributed by atoms with Crippen LogP contribution in [0.25, 0.3) is 0 Å². The van der Waals surface area contributed by atoms with Crippen LogP contribution >= 0.6 is 0 Å². The van der Waals surface area contributed by atoms with Crippen LogP contribution in [0.3, 0.4) is 0 Å². The van der Waals surface area contributed by atoms with E-state index in [9.17, 15) is 28.8 Å². The predicted molar refractivity (Wildman–Crippen MR) is 182 cm³/mol. The summed E-state index contributed by atoms with van der Waals surface area (Å²) in [6.45, 7) is 16.0. The number of anilines is 1. The lowest BCUT2D eigenvalue weighted by atomic mass is 9.88. The van der Waals surface area contributed by atoms with Crippen LogP contribution < -0.4 is 27.0 Å². The van der Waals surface area contributed by atoms with Gasteiger partial charge in [-0.15, -0.1) is 0 Å². The van der Waals surface area contributed by atoms with Gasteiger partial charge in [-0.3, -0.25) is 19.2 Å². The number of urea groups is 1. The Labute approximate surface area is 280 Å². The largest absolute Gasteiger partial charge is 0.445 e. The Hall–Kier alpha value is -3.96. The van der Waals surface area contributed by atoms with E-state index in [1.54, 1.807) is 24.3 Å². The highest BCUT2D eigenvalue weighted by molar-refractivity contribution is 5.97. The molecule has 0 radical (unpaired) electrons. The highest BCUT2D eigenvalue weighted by Crippen LogP contribution is 2.22. The van der Waals surface area contributed by atoms with E-state index < -0.39 is 29.5 Å². The molecule has 1 aromatic carbocycles. The summed E-state index contributed by atoms with van der Waals surface area (Å²) in [7, 11) is 0. The lowest BCUT2D eigenvalue weighted by molar-refractivity contribution is -0.131. The molecule has 6 N–H and O–H groups in total. The van der Waals surface area contributed by atoms with Gasteiger partial charge >= 0.3 is 12.1 Å². The summed E-state index contributed by atoms with van der Waals surface area (Å²) in [5.74, 6) is -1.56. The minimum Gasteiger partial charge on any atom is -0.445 e. The molecule has 0 saturated carbocycles. The number of alkyl carbamates (subject to hydrolysis) is 1. The van der Waals surface area contributed by atoms with E-state index in [1.807, 2.05) is 55.4 Å². The maximum Gasteiger partial charge on any atom is 0.407 e. The molecule has 0 heterocycles. The van der Waals surface area contributed by atoms with Gasteiger partial charge in [-0.05, 0) is 54.7 Å². The van der Waals surface area contributed by atoms with Gasteiger partial charge in [0, 0.05) is 49.4 Å². The van der Waals surface area contributed by atoms with Crippen LogP contribution in [0.1, 0.15) is 106 Å². The van der Waals surface area contributed by atoms with Gasteiger partial charge in [0.1, 0.15) is 12.4 Å². The molecule has 5 amide bonds. The molecule has 1 aromatic rings. The first-order valence-corrected chi connectivity index (χ1v) is 16.5. The average molecular weight is 660 g/mol. The van der Waals surface area contributed by atoms with Crippen LogP contribution in [0.5, 0.6) is 0 Å². The molecular weight excluding hydrogens is 602 g/mol. The van der Waals surface area contributed by atoms with Crippen molar-refractivity contribution in [2.75, 3.05) is 18.4 Å². The van der Waals surface area contributed by atoms with Crippen molar-refractivity contribution < 1.29 is 33.5 Å². The maximum atomic E-state index is 13.4. The number of ether oxygens (including phenoxy) is 1. The third-order valence-electron chi connectivity index (χ3n) is 7.56. The molecule has 0 spiro atoms. The summed E-state index contributed by atoms with van der Waals surface area (Å²) in [4.78, 5) is 74.5. The molecule has 12 heteroatoms. The quantitative estimate of drug-likeness (QED) is 0.126. The molecular formula is C35H57N5O7. The van der Waals surface area contributed by atoms with E-state index in [0.29, 0.717) is 56.3 Å². The number of hydrogen-bond donors (Lipinski definition) is 5. The summed E-state index contributed by atoms with van der Waals surface area (Å²) in [6.07, 6.45) is 1.93. The molecule has 12 nitrogen and oxygen atoms in total. The van der Waals surface area contributed by atoms with E-state index >= 15 is 0 Å². The first kappa shape index (κ1) is 41.1. The van der Waals surface area contributed by atoms with Crippen LogP contribution in [-0.4, -0.2) is 54.6 Å². The Balaban J connectivity index is 2.78. The van der Waals surface area contributed by atoms with Crippen LogP contribution in [-0.2, 0) is 30.5 Å². The second kappa shape index (κ2) is 19.6. The molecule has 0 saturated heterocycles. The summed E-state index contributed by atoms with van der Waals surface area (Å²) in [5, 5.41) is 10.9. The van der Waals surface area contributed by atoms with Gasteiger partial charge in [-0.25, -0.2) is 9.59 Å². The Kier molecular flexibility index (Phi) is 17.2. The second-order valence-electron chi connectivity index (χ2n) is 14.6. The highest BCUT2D eigenvalue weighted by atomic mass is 16.5. The second-order valence-corrected chi connectivity index (χ2v) is 14.6. The van der Waals surface area contributed by atoms with Crippen molar-refractivity contribution in [2.45, 2.75) is 113 Å². The fraction of sp³-hybridized carbons (Fsp3) is 0.657. The molecule has 2 atom stereocenters. The monoisotopic (exact) mass is 659 g/mol. The summed E-state index contributed by atoms with van der Waals surface area (Å²) < 4.78 is 5.25. The van der Waals surface area contributed by atoms with E-state index in [-0.39, 0.29) is 54.3 Å². The number of benzene rings is 1. The topological polar surface area (TPSA) is 186 Å². The zero-order chi connectivity index (χ0) is 35.8. The zero-order valence-electron chi connectivity index (χ0n) is 29.5. The number of Topliss-reactive ketones (excluding diaryl/α,β-unsaturated/α-hetero) is 2. The van der Waals surface area contributed by atoms with Crippen LogP contribution in [0.4, 0.5) is 15.3 Å². The number of amides is 5. The van der Waals surface area contributed by atoms with Crippen LogP contribution in [0, 0.1) is 22.7 Å². The first-order chi connectivity index (χ1) is 21.8. The normalized spacial score (nSPS) is 12.9. The number of primary amides is 1. The van der Waals surface area contributed by atoms with Crippen molar-refractivity contribution in [1.82, 2.24) is 16.0 Å². The number of ketones is 2. The van der Waals surface area contributed by atoms with Gasteiger partial charge in [0.15, 0.2) is 5.78 Å². The first-order valence-electron chi connectivity index (χ1n) is 16.5. The molecule has 47 heavy (non-hydrogen) atoms. The maximum absolute atomic E-state index is 13.4. The van der Waals surface area contributed by atoms with Crippen molar-refractivity contribution in [2.24, 2.45) is 28.4 Å². The van der Waals surface area contributed by atoms with E-state index in [0.717, 1.165) is 0 Å². The predicted octanol–water partition coefficient (Wildman–Crippen LogP) is 5.24. The number of hydrogen-bond acceptors (Lipinski definition) is 7. The summed E-state index contributed by atoms with van der Waals surface area (Å²) >= 11 is 0. The minimum absolute atomic E-state index is 0.0169. The lowest BCUT2D eigenvalue weighted by Crippen LogP contribution is -2.45. The number of nitrogens with one attached hydrogen (secondary N) is 4. The molecule has 0 bridgehead atoms.